The first-order valence-corrected chi connectivity index (χ1v) is 5.00. The number of pyridine rings is 1. The maximum absolute atomic E-state index is 12.6. The first kappa shape index (κ1) is 10.6. The van der Waals surface area contributed by atoms with Crippen LogP contribution in [0, 0.1) is 5.82 Å². The van der Waals surface area contributed by atoms with Gasteiger partial charge in [0.05, 0.1) is 18.4 Å². The van der Waals surface area contributed by atoms with Crippen molar-refractivity contribution < 1.29 is 10.1 Å². The third kappa shape index (κ3) is 2.77. The summed E-state index contributed by atoms with van der Waals surface area (Å²) in [7, 11) is 0. The molecule has 0 amide bonds. The number of benzene rings is 1. The molecule has 0 atom stereocenters. The van der Waals surface area contributed by atoms with Crippen LogP contribution in [0.15, 0.2) is 42.6 Å². The van der Waals surface area contributed by atoms with Crippen LogP contribution in [0.2, 0.25) is 0 Å². The second-order valence-electron chi connectivity index (χ2n) is 3.52. The van der Waals surface area contributed by atoms with Gasteiger partial charge in [-0.25, -0.2) is 4.39 Å². The summed E-state index contributed by atoms with van der Waals surface area (Å²) in [6.45, 7) is 0.580. The molecule has 16 heavy (non-hydrogen) atoms. The Bertz CT molecular complexity index is 405. The molecule has 82 valence electrons. The van der Waals surface area contributed by atoms with Crippen LogP contribution in [0.5, 0.6) is 0 Å². The molecular formula is C12H13FN3+. The summed E-state index contributed by atoms with van der Waals surface area (Å²) in [5.41, 5.74) is 6.59. The molecule has 2 aromatic rings. The second-order valence-corrected chi connectivity index (χ2v) is 3.52. The number of anilines is 1. The van der Waals surface area contributed by atoms with E-state index in [4.69, 9.17) is 0 Å². The van der Waals surface area contributed by atoms with Crippen molar-refractivity contribution in [2.24, 2.45) is 0 Å². The van der Waals surface area contributed by atoms with Gasteiger partial charge in [-0.2, -0.15) is 0 Å². The van der Waals surface area contributed by atoms with Crippen LogP contribution in [0.25, 0.3) is 0 Å². The molecule has 0 unspecified atom stereocenters. The van der Waals surface area contributed by atoms with Crippen LogP contribution in [0.3, 0.4) is 0 Å². The maximum atomic E-state index is 12.6. The Morgan fingerprint density at radius 3 is 2.50 bits per heavy atom. The minimum Gasteiger partial charge on any atom is -0.379 e. The van der Waals surface area contributed by atoms with E-state index < -0.39 is 0 Å². The van der Waals surface area contributed by atoms with Gasteiger partial charge in [-0.3, -0.25) is 4.98 Å². The van der Waals surface area contributed by atoms with Crippen molar-refractivity contribution in [3.8, 4) is 0 Å². The number of hydrogen-bond acceptors (Lipinski definition) is 2. The highest BCUT2D eigenvalue weighted by molar-refractivity contribution is 5.47. The monoisotopic (exact) mass is 218 g/mol. The van der Waals surface area contributed by atoms with Crippen molar-refractivity contribution in [1.82, 2.24) is 4.98 Å². The molecular weight excluding hydrogens is 205 g/mol. The average Bonchev–Trinajstić information content (AvgIpc) is 2.30. The summed E-state index contributed by atoms with van der Waals surface area (Å²) in [6.07, 6.45) is 1.22. The van der Waals surface area contributed by atoms with E-state index in [9.17, 15) is 4.39 Å². The number of halogens is 1. The van der Waals surface area contributed by atoms with E-state index in [1.54, 1.807) is 6.07 Å². The number of nitrogens with zero attached hydrogens (tertiary/aromatic N) is 1. The fourth-order valence-electron chi connectivity index (χ4n) is 1.33. The molecule has 0 radical (unpaired) electrons. The molecule has 1 heterocycles. The van der Waals surface area contributed by atoms with E-state index in [0.717, 1.165) is 17.1 Å². The van der Waals surface area contributed by atoms with Gasteiger partial charge >= 0.3 is 0 Å². The quantitative estimate of drug-likeness (QED) is 0.824. The van der Waals surface area contributed by atoms with Gasteiger partial charge in [-0.15, -0.1) is 0 Å². The molecule has 4 heteroatoms. The standard InChI is InChI=1S/C12H12FN3/c13-9-1-4-12(15-7-9)8-16-11-5-2-10(14)3-6-11/h1-7,16H,8,14H2/p+1. The van der Waals surface area contributed by atoms with Crippen molar-refractivity contribution >= 4 is 11.4 Å². The van der Waals surface area contributed by atoms with Crippen LogP contribution in [0.4, 0.5) is 15.8 Å². The van der Waals surface area contributed by atoms with E-state index in [1.807, 2.05) is 24.3 Å². The van der Waals surface area contributed by atoms with E-state index in [2.05, 4.69) is 16.0 Å². The lowest BCUT2D eigenvalue weighted by molar-refractivity contribution is -0.254. The van der Waals surface area contributed by atoms with E-state index in [0.29, 0.717) is 6.54 Å². The lowest BCUT2D eigenvalue weighted by atomic mass is 10.2. The molecule has 0 aliphatic rings. The average molecular weight is 218 g/mol. The minimum absolute atomic E-state index is 0.315. The predicted molar refractivity (Wildman–Crippen MR) is 60.5 cm³/mol. The Kier molecular flexibility index (Phi) is 3.12. The maximum Gasteiger partial charge on any atom is 0.141 e. The summed E-state index contributed by atoms with van der Waals surface area (Å²) in [5, 5.41) is 3.19. The zero-order chi connectivity index (χ0) is 11.4. The SMILES string of the molecule is [NH3+]c1ccc(NCc2ccc(F)cn2)cc1. The third-order valence-electron chi connectivity index (χ3n) is 2.22. The summed E-state index contributed by atoms with van der Waals surface area (Å²) in [6, 6.07) is 10.8. The summed E-state index contributed by atoms with van der Waals surface area (Å²) < 4.78 is 12.6. The van der Waals surface area contributed by atoms with Gasteiger partial charge < -0.3 is 11.1 Å². The Labute approximate surface area is 93.1 Å². The van der Waals surface area contributed by atoms with Crippen LogP contribution in [-0.4, -0.2) is 4.98 Å². The van der Waals surface area contributed by atoms with E-state index in [-0.39, 0.29) is 5.82 Å². The summed E-state index contributed by atoms with van der Waals surface area (Å²) in [5.74, 6) is -0.315. The van der Waals surface area contributed by atoms with Gasteiger partial charge in [0.1, 0.15) is 11.5 Å². The zero-order valence-electron chi connectivity index (χ0n) is 8.78. The molecule has 0 saturated heterocycles. The molecule has 4 N–H and O–H groups in total. The van der Waals surface area contributed by atoms with Crippen molar-refractivity contribution in [1.29, 1.82) is 0 Å². The molecule has 0 aliphatic heterocycles. The lowest BCUT2D eigenvalue weighted by Gasteiger charge is -2.05. The Morgan fingerprint density at radius 2 is 1.88 bits per heavy atom. The number of aromatic nitrogens is 1. The largest absolute Gasteiger partial charge is 0.379 e. The molecule has 0 spiro atoms. The highest BCUT2D eigenvalue weighted by Gasteiger charge is 1.96. The highest BCUT2D eigenvalue weighted by Crippen LogP contribution is 2.10. The Hall–Kier alpha value is -1.94. The van der Waals surface area contributed by atoms with Crippen molar-refractivity contribution in [3.05, 3.63) is 54.1 Å². The van der Waals surface area contributed by atoms with Crippen molar-refractivity contribution in [2.75, 3.05) is 5.32 Å². The van der Waals surface area contributed by atoms with Gasteiger partial charge in [-0.1, -0.05) is 0 Å². The fourth-order valence-corrected chi connectivity index (χ4v) is 1.33. The smallest absolute Gasteiger partial charge is 0.141 e. The van der Waals surface area contributed by atoms with Crippen LogP contribution < -0.4 is 11.1 Å². The number of nitrogens with one attached hydrogen (secondary N) is 1. The van der Waals surface area contributed by atoms with Gasteiger partial charge in [0, 0.05) is 17.8 Å². The normalized spacial score (nSPS) is 10.1. The Balaban J connectivity index is 1.97. The Morgan fingerprint density at radius 1 is 1.12 bits per heavy atom. The molecule has 0 aliphatic carbocycles. The summed E-state index contributed by atoms with van der Waals surface area (Å²) in [4.78, 5) is 3.96. The molecule has 2 rings (SSSR count). The van der Waals surface area contributed by atoms with Gasteiger partial charge in [0.25, 0.3) is 0 Å². The first-order chi connectivity index (χ1) is 7.74. The highest BCUT2D eigenvalue weighted by atomic mass is 19.1. The zero-order valence-corrected chi connectivity index (χ0v) is 8.78. The molecule has 3 nitrogen and oxygen atoms in total. The number of quaternary nitrogens is 1. The molecule has 0 bridgehead atoms. The molecule has 1 aromatic heterocycles. The predicted octanol–water partition coefficient (Wildman–Crippen LogP) is 1.71. The topological polar surface area (TPSA) is 52.6 Å². The molecule has 0 fully saturated rings. The van der Waals surface area contributed by atoms with Gasteiger partial charge in [-0.05, 0) is 24.3 Å². The first-order valence-electron chi connectivity index (χ1n) is 5.00. The molecule has 1 aromatic carbocycles. The second kappa shape index (κ2) is 4.72. The number of hydrogen-bond donors (Lipinski definition) is 2. The van der Waals surface area contributed by atoms with Crippen molar-refractivity contribution in [3.63, 3.8) is 0 Å². The van der Waals surface area contributed by atoms with Gasteiger partial charge in [0.2, 0.25) is 0 Å². The van der Waals surface area contributed by atoms with Crippen LogP contribution in [0.1, 0.15) is 5.69 Å². The van der Waals surface area contributed by atoms with E-state index in [1.165, 1.54) is 12.3 Å². The molecule has 0 saturated carbocycles. The van der Waals surface area contributed by atoms with Crippen LogP contribution >= 0.6 is 0 Å². The number of rotatable bonds is 3. The fraction of sp³-hybridized carbons (Fsp3) is 0.0833. The third-order valence-corrected chi connectivity index (χ3v) is 2.22. The van der Waals surface area contributed by atoms with E-state index >= 15 is 0 Å². The lowest BCUT2D eigenvalue weighted by Crippen LogP contribution is -2.39. The van der Waals surface area contributed by atoms with Crippen molar-refractivity contribution in [2.45, 2.75) is 6.54 Å². The van der Waals surface area contributed by atoms with Gasteiger partial charge in [0.15, 0.2) is 0 Å². The summed E-state index contributed by atoms with van der Waals surface area (Å²) >= 11 is 0. The van der Waals surface area contributed by atoms with Crippen LogP contribution in [-0.2, 0) is 6.54 Å². The minimum atomic E-state index is -0.315.